The SMILES string of the molecule is CCN(c1nc(OC)nc(OC)n1)C1CCCC1CN. The number of hydrogen-bond acceptors (Lipinski definition) is 7. The summed E-state index contributed by atoms with van der Waals surface area (Å²) in [4.78, 5) is 14.9. The van der Waals surface area contributed by atoms with Crippen LogP contribution in [0.5, 0.6) is 12.0 Å². The van der Waals surface area contributed by atoms with Gasteiger partial charge >= 0.3 is 12.0 Å². The lowest BCUT2D eigenvalue weighted by Gasteiger charge is -2.31. The van der Waals surface area contributed by atoms with Gasteiger partial charge in [-0.2, -0.15) is 9.97 Å². The second kappa shape index (κ2) is 6.69. The van der Waals surface area contributed by atoms with Crippen molar-refractivity contribution in [2.75, 3.05) is 32.2 Å². The molecule has 7 heteroatoms. The Morgan fingerprint density at radius 3 is 2.30 bits per heavy atom. The molecule has 2 rings (SSSR count). The van der Waals surface area contributed by atoms with Crippen LogP contribution in [0.3, 0.4) is 0 Å². The van der Waals surface area contributed by atoms with Gasteiger partial charge in [0.2, 0.25) is 5.95 Å². The first kappa shape index (κ1) is 14.8. The Labute approximate surface area is 119 Å². The standard InChI is InChI=1S/C13H23N5O2/c1-4-18(10-7-5-6-9(10)8-14)11-15-12(19-2)17-13(16-11)20-3/h9-10H,4-8,14H2,1-3H3. The number of anilines is 1. The molecule has 1 aromatic heterocycles. The van der Waals surface area contributed by atoms with Gasteiger partial charge in [0.25, 0.3) is 0 Å². The molecule has 20 heavy (non-hydrogen) atoms. The van der Waals surface area contributed by atoms with E-state index in [4.69, 9.17) is 15.2 Å². The first-order valence-electron chi connectivity index (χ1n) is 7.04. The van der Waals surface area contributed by atoms with Crippen molar-refractivity contribution in [1.82, 2.24) is 15.0 Å². The molecule has 0 amide bonds. The number of nitrogens with two attached hydrogens (primary N) is 1. The molecule has 0 radical (unpaired) electrons. The maximum Gasteiger partial charge on any atom is 0.324 e. The van der Waals surface area contributed by atoms with Gasteiger partial charge in [-0.15, -0.1) is 4.98 Å². The summed E-state index contributed by atoms with van der Waals surface area (Å²) >= 11 is 0. The maximum absolute atomic E-state index is 5.88. The van der Waals surface area contributed by atoms with Crippen molar-refractivity contribution in [2.24, 2.45) is 11.7 Å². The Kier molecular flexibility index (Phi) is 4.94. The average Bonchev–Trinajstić information content (AvgIpc) is 2.96. The second-order valence-electron chi connectivity index (χ2n) is 4.89. The molecule has 2 atom stereocenters. The van der Waals surface area contributed by atoms with Crippen molar-refractivity contribution in [2.45, 2.75) is 32.2 Å². The zero-order valence-electron chi connectivity index (χ0n) is 12.4. The Morgan fingerprint density at radius 1 is 1.15 bits per heavy atom. The number of aromatic nitrogens is 3. The molecule has 0 aliphatic heterocycles. The maximum atomic E-state index is 5.88. The molecule has 7 nitrogen and oxygen atoms in total. The minimum absolute atomic E-state index is 0.271. The number of rotatable bonds is 6. The fourth-order valence-corrected chi connectivity index (χ4v) is 2.87. The van der Waals surface area contributed by atoms with Crippen LogP contribution in [-0.4, -0.2) is 48.3 Å². The van der Waals surface area contributed by atoms with Crippen LogP contribution in [0.1, 0.15) is 26.2 Å². The Hall–Kier alpha value is -1.63. The molecule has 1 aliphatic rings. The predicted octanol–water partition coefficient (Wildman–Crippen LogP) is 0.843. The number of hydrogen-bond donors (Lipinski definition) is 1. The van der Waals surface area contributed by atoms with Crippen molar-refractivity contribution >= 4 is 5.95 Å². The largest absolute Gasteiger partial charge is 0.467 e. The van der Waals surface area contributed by atoms with E-state index >= 15 is 0 Å². The Morgan fingerprint density at radius 2 is 1.80 bits per heavy atom. The molecule has 112 valence electrons. The summed E-state index contributed by atoms with van der Waals surface area (Å²) in [6, 6.07) is 0.919. The Bertz CT molecular complexity index is 421. The van der Waals surface area contributed by atoms with Crippen LogP contribution in [0.2, 0.25) is 0 Å². The monoisotopic (exact) mass is 281 g/mol. The van der Waals surface area contributed by atoms with Gasteiger partial charge in [-0.1, -0.05) is 6.42 Å². The van der Waals surface area contributed by atoms with Crippen LogP contribution in [0.4, 0.5) is 5.95 Å². The fourth-order valence-electron chi connectivity index (χ4n) is 2.87. The van der Waals surface area contributed by atoms with E-state index in [1.807, 2.05) is 0 Å². The highest BCUT2D eigenvalue weighted by Crippen LogP contribution is 2.31. The number of nitrogens with zero attached hydrogens (tertiary/aromatic N) is 4. The lowest BCUT2D eigenvalue weighted by molar-refractivity contribution is 0.338. The molecular weight excluding hydrogens is 258 g/mol. The van der Waals surface area contributed by atoms with Gasteiger partial charge in [0.15, 0.2) is 0 Å². The van der Waals surface area contributed by atoms with E-state index in [2.05, 4.69) is 26.8 Å². The van der Waals surface area contributed by atoms with Gasteiger partial charge in [-0.3, -0.25) is 0 Å². The minimum Gasteiger partial charge on any atom is -0.467 e. The highest BCUT2D eigenvalue weighted by Gasteiger charge is 2.32. The third-order valence-corrected chi connectivity index (χ3v) is 3.87. The van der Waals surface area contributed by atoms with Gasteiger partial charge in [0.05, 0.1) is 14.2 Å². The van der Waals surface area contributed by atoms with Gasteiger partial charge in [0.1, 0.15) is 0 Å². The molecule has 0 saturated heterocycles. The molecule has 0 bridgehead atoms. The summed E-state index contributed by atoms with van der Waals surface area (Å²) in [5, 5.41) is 0. The quantitative estimate of drug-likeness (QED) is 0.826. The molecule has 0 spiro atoms. The second-order valence-corrected chi connectivity index (χ2v) is 4.89. The van der Waals surface area contributed by atoms with E-state index in [0.29, 0.717) is 24.5 Å². The van der Waals surface area contributed by atoms with Gasteiger partial charge in [-0.05, 0) is 32.2 Å². The van der Waals surface area contributed by atoms with Crippen molar-refractivity contribution < 1.29 is 9.47 Å². The van der Waals surface area contributed by atoms with Crippen LogP contribution in [0.25, 0.3) is 0 Å². The van der Waals surface area contributed by atoms with Gasteiger partial charge in [0, 0.05) is 12.6 Å². The normalized spacial score (nSPS) is 21.8. The highest BCUT2D eigenvalue weighted by atomic mass is 16.5. The van der Waals surface area contributed by atoms with Crippen LogP contribution in [-0.2, 0) is 0 Å². The van der Waals surface area contributed by atoms with E-state index in [1.165, 1.54) is 20.6 Å². The summed E-state index contributed by atoms with van der Waals surface area (Å²) in [7, 11) is 3.07. The van der Waals surface area contributed by atoms with E-state index in [0.717, 1.165) is 19.4 Å². The summed E-state index contributed by atoms with van der Waals surface area (Å²) in [5.41, 5.74) is 5.88. The molecule has 1 heterocycles. The lowest BCUT2D eigenvalue weighted by Crippen LogP contribution is -2.41. The number of ether oxygens (including phenoxy) is 2. The summed E-state index contributed by atoms with van der Waals surface area (Å²) in [5.74, 6) is 1.09. The number of methoxy groups -OCH3 is 2. The van der Waals surface area contributed by atoms with E-state index in [9.17, 15) is 0 Å². The predicted molar refractivity (Wildman–Crippen MR) is 76.1 cm³/mol. The third kappa shape index (κ3) is 2.92. The van der Waals surface area contributed by atoms with E-state index in [-0.39, 0.29) is 12.0 Å². The summed E-state index contributed by atoms with van der Waals surface area (Å²) in [6.45, 7) is 3.60. The topological polar surface area (TPSA) is 86.4 Å². The molecule has 0 aromatic carbocycles. The molecule has 1 aliphatic carbocycles. The zero-order chi connectivity index (χ0) is 14.5. The molecule has 1 fully saturated rings. The minimum atomic E-state index is 0.271. The highest BCUT2D eigenvalue weighted by molar-refractivity contribution is 5.34. The van der Waals surface area contributed by atoms with Gasteiger partial charge in [-0.25, -0.2) is 0 Å². The molecule has 2 N–H and O–H groups in total. The summed E-state index contributed by atoms with van der Waals surface area (Å²) in [6.07, 6.45) is 3.48. The molecule has 1 saturated carbocycles. The van der Waals surface area contributed by atoms with Crippen molar-refractivity contribution in [3.63, 3.8) is 0 Å². The van der Waals surface area contributed by atoms with Crippen molar-refractivity contribution in [3.05, 3.63) is 0 Å². The average molecular weight is 281 g/mol. The van der Waals surface area contributed by atoms with E-state index < -0.39 is 0 Å². The van der Waals surface area contributed by atoms with E-state index in [1.54, 1.807) is 0 Å². The molecule has 1 aromatic rings. The first-order valence-corrected chi connectivity index (χ1v) is 7.04. The lowest BCUT2D eigenvalue weighted by atomic mass is 10.0. The summed E-state index contributed by atoms with van der Waals surface area (Å²) < 4.78 is 10.2. The van der Waals surface area contributed by atoms with Crippen LogP contribution in [0.15, 0.2) is 0 Å². The third-order valence-electron chi connectivity index (χ3n) is 3.87. The zero-order valence-corrected chi connectivity index (χ0v) is 12.4. The fraction of sp³-hybridized carbons (Fsp3) is 0.769. The van der Waals surface area contributed by atoms with Crippen LogP contribution >= 0.6 is 0 Å². The first-order chi connectivity index (χ1) is 9.73. The van der Waals surface area contributed by atoms with Gasteiger partial charge < -0.3 is 20.1 Å². The molecular formula is C13H23N5O2. The van der Waals surface area contributed by atoms with Crippen molar-refractivity contribution in [1.29, 1.82) is 0 Å². The Balaban J connectivity index is 2.30. The van der Waals surface area contributed by atoms with Crippen LogP contribution < -0.4 is 20.1 Å². The van der Waals surface area contributed by atoms with Crippen LogP contribution in [0, 0.1) is 5.92 Å². The smallest absolute Gasteiger partial charge is 0.324 e. The molecule has 2 unspecified atom stereocenters. The van der Waals surface area contributed by atoms with Crippen molar-refractivity contribution in [3.8, 4) is 12.0 Å².